The molecule has 0 aliphatic carbocycles. The Balaban J connectivity index is 1.80. The number of anilines is 1. The fraction of sp³-hybridized carbons (Fsp3) is 0.263. The minimum atomic E-state index is -0.261. The van der Waals surface area contributed by atoms with Crippen molar-refractivity contribution in [2.45, 2.75) is 4.90 Å². The first-order valence-corrected chi connectivity index (χ1v) is 8.95. The Bertz CT molecular complexity index is 749. The second-order valence-corrected chi connectivity index (χ2v) is 6.54. The predicted molar refractivity (Wildman–Crippen MR) is 103 cm³/mol. The van der Waals surface area contributed by atoms with Crippen LogP contribution in [0, 0.1) is 0 Å². The third-order valence-electron chi connectivity index (χ3n) is 3.58. The van der Waals surface area contributed by atoms with Crippen molar-refractivity contribution in [3.63, 3.8) is 0 Å². The first kappa shape index (κ1) is 19.7. The van der Waals surface area contributed by atoms with Crippen LogP contribution in [0.5, 0.6) is 11.5 Å². The molecule has 0 bridgehead atoms. The number of likely N-dealkylation sites (N-methyl/N-ethyl adjacent to an activating group) is 1. The number of carbonyl (C=O) groups is 2. The summed E-state index contributed by atoms with van der Waals surface area (Å²) in [5, 5.41) is 2.76. The fourth-order valence-corrected chi connectivity index (χ4v) is 2.97. The largest absolute Gasteiger partial charge is 0.497 e. The molecule has 0 fully saturated rings. The highest BCUT2D eigenvalue weighted by Gasteiger charge is 2.13. The summed E-state index contributed by atoms with van der Waals surface area (Å²) in [5.74, 6) is 1.31. The summed E-state index contributed by atoms with van der Waals surface area (Å²) in [5.41, 5.74) is 0.628. The SMILES string of the molecule is COc1ccc(SCC(=O)N(C)CC(=O)Nc2cccc(OC)c2)cc1. The average Bonchev–Trinajstić information content (AvgIpc) is 2.66. The summed E-state index contributed by atoms with van der Waals surface area (Å²) in [4.78, 5) is 26.7. The first-order chi connectivity index (χ1) is 12.5. The molecule has 0 heterocycles. The molecule has 2 aromatic carbocycles. The van der Waals surface area contributed by atoms with Gasteiger partial charge in [0.05, 0.1) is 26.5 Å². The summed E-state index contributed by atoms with van der Waals surface area (Å²) >= 11 is 1.42. The van der Waals surface area contributed by atoms with Gasteiger partial charge >= 0.3 is 0 Å². The van der Waals surface area contributed by atoms with Gasteiger partial charge in [-0.15, -0.1) is 11.8 Å². The molecule has 2 rings (SSSR count). The number of ether oxygens (including phenoxy) is 2. The molecule has 6 nitrogen and oxygen atoms in total. The van der Waals surface area contributed by atoms with E-state index in [1.54, 1.807) is 45.5 Å². The Labute approximate surface area is 157 Å². The van der Waals surface area contributed by atoms with Crippen molar-refractivity contribution < 1.29 is 19.1 Å². The number of thioether (sulfide) groups is 1. The predicted octanol–water partition coefficient (Wildman–Crippen LogP) is 2.89. The molecule has 0 aliphatic heterocycles. The van der Waals surface area contributed by atoms with Gasteiger partial charge in [0, 0.05) is 23.7 Å². The van der Waals surface area contributed by atoms with Gasteiger partial charge in [0.15, 0.2) is 0 Å². The van der Waals surface area contributed by atoms with E-state index >= 15 is 0 Å². The Kier molecular flexibility index (Phi) is 7.35. The smallest absolute Gasteiger partial charge is 0.243 e. The van der Waals surface area contributed by atoms with Crippen LogP contribution < -0.4 is 14.8 Å². The highest BCUT2D eigenvalue weighted by Crippen LogP contribution is 2.21. The van der Waals surface area contributed by atoms with Gasteiger partial charge in [0.2, 0.25) is 11.8 Å². The number of amides is 2. The van der Waals surface area contributed by atoms with E-state index in [1.165, 1.54) is 16.7 Å². The molecule has 0 saturated carbocycles. The van der Waals surface area contributed by atoms with Gasteiger partial charge in [0.25, 0.3) is 0 Å². The third-order valence-corrected chi connectivity index (χ3v) is 4.58. The number of nitrogens with one attached hydrogen (secondary N) is 1. The maximum absolute atomic E-state index is 12.2. The van der Waals surface area contributed by atoms with E-state index in [1.807, 2.05) is 24.3 Å². The van der Waals surface area contributed by atoms with E-state index in [9.17, 15) is 9.59 Å². The molecule has 0 radical (unpaired) electrons. The Morgan fingerprint density at radius 3 is 2.38 bits per heavy atom. The molecule has 1 N–H and O–H groups in total. The van der Waals surface area contributed by atoms with Gasteiger partial charge < -0.3 is 19.7 Å². The van der Waals surface area contributed by atoms with E-state index in [-0.39, 0.29) is 24.1 Å². The quantitative estimate of drug-likeness (QED) is 0.720. The van der Waals surface area contributed by atoms with E-state index in [0.717, 1.165) is 10.6 Å². The van der Waals surface area contributed by atoms with Gasteiger partial charge in [-0.2, -0.15) is 0 Å². The molecule has 7 heteroatoms. The van der Waals surface area contributed by atoms with Gasteiger partial charge in [-0.05, 0) is 36.4 Å². The molecule has 2 aromatic rings. The fourth-order valence-electron chi connectivity index (χ4n) is 2.13. The normalized spacial score (nSPS) is 10.1. The van der Waals surface area contributed by atoms with E-state index in [4.69, 9.17) is 9.47 Å². The molecule has 0 aliphatic rings. The zero-order valence-electron chi connectivity index (χ0n) is 15.0. The van der Waals surface area contributed by atoms with Crippen molar-refractivity contribution in [3.8, 4) is 11.5 Å². The minimum absolute atomic E-state index is 0.0147. The second kappa shape index (κ2) is 9.72. The van der Waals surface area contributed by atoms with Crippen LogP contribution in [0.2, 0.25) is 0 Å². The van der Waals surface area contributed by atoms with Crippen LogP contribution in [0.15, 0.2) is 53.4 Å². The van der Waals surface area contributed by atoms with Gasteiger partial charge in [-0.1, -0.05) is 6.07 Å². The average molecular weight is 374 g/mol. The van der Waals surface area contributed by atoms with Crippen LogP contribution >= 0.6 is 11.8 Å². The summed E-state index contributed by atoms with van der Waals surface area (Å²) < 4.78 is 10.2. The van der Waals surface area contributed by atoms with E-state index < -0.39 is 0 Å². The van der Waals surface area contributed by atoms with Gasteiger partial charge in [-0.3, -0.25) is 9.59 Å². The number of hydrogen-bond acceptors (Lipinski definition) is 5. The van der Waals surface area contributed by atoms with Gasteiger partial charge in [0.1, 0.15) is 11.5 Å². The number of carbonyl (C=O) groups excluding carboxylic acids is 2. The van der Waals surface area contributed by atoms with Crippen molar-refractivity contribution in [3.05, 3.63) is 48.5 Å². The zero-order chi connectivity index (χ0) is 18.9. The van der Waals surface area contributed by atoms with E-state index in [0.29, 0.717) is 11.4 Å². The van der Waals surface area contributed by atoms with Crippen LogP contribution in [0.1, 0.15) is 0 Å². The summed E-state index contributed by atoms with van der Waals surface area (Å²) in [6, 6.07) is 14.5. The zero-order valence-corrected chi connectivity index (χ0v) is 15.8. The van der Waals surface area contributed by atoms with Crippen molar-refractivity contribution in [1.82, 2.24) is 4.90 Å². The molecule has 0 atom stereocenters. The second-order valence-electron chi connectivity index (χ2n) is 5.49. The molecule has 0 spiro atoms. The first-order valence-electron chi connectivity index (χ1n) is 7.96. The molecule has 0 saturated heterocycles. The molecule has 138 valence electrons. The summed E-state index contributed by atoms with van der Waals surface area (Å²) in [7, 11) is 4.78. The lowest BCUT2D eigenvalue weighted by molar-refractivity contribution is -0.131. The van der Waals surface area contributed by atoms with Crippen molar-refractivity contribution >= 4 is 29.3 Å². The minimum Gasteiger partial charge on any atom is -0.497 e. The Morgan fingerprint density at radius 1 is 1.04 bits per heavy atom. The standard InChI is InChI=1S/C19H22N2O4S/c1-21(12-18(22)20-14-5-4-6-16(11-14)25-3)19(23)13-26-17-9-7-15(24-2)8-10-17/h4-11H,12-13H2,1-3H3,(H,20,22). The van der Waals surface area contributed by atoms with E-state index in [2.05, 4.69) is 5.32 Å². The molecule has 26 heavy (non-hydrogen) atoms. The molecule has 0 unspecified atom stereocenters. The molecule has 0 aromatic heterocycles. The lowest BCUT2D eigenvalue weighted by atomic mass is 10.3. The number of hydrogen-bond donors (Lipinski definition) is 1. The monoisotopic (exact) mass is 374 g/mol. The van der Waals surface area contributed by atoms with Crippen molar-refractivity contribution in [2.24, 2.45) is 0 Å². The Hall–Kier alpha value is -2.67. The molecule has 2 amide bonds. The summed E-state index contributed by atoms with van der Waals surface area (Å²) in [6.45, 7) is -0.0147. The van der Waals surface area contributed by atoms with Crippen molar-refractivity contribution in [1.29, 1.82) is 0 Å². The topological polar surface area (TPSA) is 67.9 Å². The molecular formula is C19H22N2O4S. The number of rotatable bonds is 8. The summed E-state index contributed by atoms with van der Waals surface area (Å²) in [6.07, 6.45) is 0. The number of nitrogens with zero attached hydrogens (tertiary/aromatic N) is 1. The lowest BCUT2D eigenvalue weighted by Gasteiger charge is -2.17. The number of methoxy groups -OCH3 is 2. The maximum Gasteiger partial charge on any atom is 0.243 e. The molecular weight excluding hydrogens is 352 g/mol. The Morgan fingerprint density at radius 2 is 1.73 bits per heavy atom. The van der Waals surface area contributed by atoms with Crippen LogP contribution in [0.3, 0.4) is 0 Å². The highest BCUT2D eigenvalue weighted by atomic mass is 32.2. The highest BCUT2D eigenvalue weighted by molar-refractivity contribution is 8.00. The van der Waals surface area contributed by atoms with Crippen LogP contribution in [-0.2, 0) is 9.59 Å². The van der Waals surface area contributed by atoms with Crippen LogP contribution in [0.4, 0.5) is 5.69 Å². The van der Waals surface area contributed by atoms with Crippen LogP contribution in [0.25, 0.3) is 0 Å². The number of benzene rings is 2. The third kappa shape index (κ3) is 6.00. The van der Waals surface area contributed by atoms with Crippen LogP contribution in [-0.4, -0.2) is 50.3 Å². The van der Waals surface area contributed by atoms with Gasteiger partial charge in [-0.25, -0.2) is 0 Å². The van der Waals surface area contributed by atoms with Crippen molar-refractivity contribution in [2.75, 3.05) is 38.9 Å². The lowest BCUT2D eigenvalue weighted by Crippen LogP contribution is -2.35. The maximum atomic E-state index is 12.2.